The average Bonchev–Trinajstić information content (AvgIpc) is 3.02. The highest BCUT2D eigenvalue weighted by molar-refractivity contribution is 6.06. The Bertz CT molecular complexity index is 1800. The zero-order valence-corrected chi connectivity index (χ0v) is 22.4. The van der Waals surface area contributed by atoms with E-state index in [1.165, 1.54) is 97.1 Å². The van der Waals surface area contributed by atoms with Crippen LogP contribution in [0.2, 0.25) is 0 Å². The van der Waals surface area contributed by atoms with Gasteiger partial charge in [-0.2, -0.15) is 0 Å². The van der Waals surface area contributed by atoms with E-state index in [0.717, 1.165) is 0 Å². The molecule has 0 aliphatic heterocycles. The Morgan fingerprint density at radius 3 is 0.932 bits per heavy atom. The lowest BCUT2D eigenvalue weighted by atomic mass is 9.91. The van der Waals surface area contributed by atoms with Crippen LogP contribution in [-0.2, 0) is 0 Å². The van der Waals surface area contributed by atoms with E-state index in [2.05, 4.69) is 23.7 Å². The zero-order chi connectivity index (χ0) is 31.6. The summed E-state index contributed by atoms with van der Waals surface area (Å²) in [6, 6.07) is 22.7. The third kappa shape index (κ3) is 7.63. The molecule has 0 unspecified atom stereocenters. The van der Waals surface area contributed by atoms with Crippen LogP contribution < -0.4 is 0 Å². The van der Waals surface area contributed by atoms with Crippen molar-refractivity contribution >= 4 is 33.9 Å². The first-order valence-electron chi connectivity index (χ1n) is 12.5. The average molecular weight is 587 g/mol. The summed E-state index contributed by atoms with van der Waals surface area (Å²) in [5.41, 5.74) is 2.53. The third-order valence-electron chi connectivity index (χ3n) is 6.09. The first kappa shape index (κ1) is 30.0. The van der Waals surface area contributed by atoms with Gasteiger partial charge in [0.2, 0.25) is 0 Å². The number of benzene rings is 4. The van der Waals surface area contributed by atoms with E-state index in [4.69, 9.17) is 0 Å². The Kier molecular flexibility index (Phi) is 9.31. The van der Waals surface area contributed by atoms with E-state index in [9.17, 15) is 40.5 Å². The topological polar surface area (TPSA) is 173 Å². The van der Waals surface area contributed by atoms with Gasteiger partial charge in [0.15, 0.2) is 0 Å². The highest BCUT2D eigenvalue weighted by atomic mass is 16.6. The molecule has 0 aliphatic rings. The van der Waals surface area contributed by atoms with E-state index in [0.29, 0.717) is 33.4 Å². The van der Waals surface area contributed by atoms with Crippen molar-refractivity contribution in [3.05, 3.63) is 172 Å². The van der Waals surface area contributed by atoms with Gasteiger partial charge in [0.1, 0.15) is 0 Å². The number of hydrogen-bond donors (Lipinski definition) is 0. The molecule has 0 atom stereocenters. The molecule has 0 spiro atoms. The minimum Gasteiger partial charge on any atom is -0.258 e. The van der Waals surface area contributed by atoms with Gasteiger partial charge in [0.25, 0.3) is 22.7 Å². The van der Waals surface area contributed by atoms with Gasteiger partial charge in [-0.25, -0.2) is 0 Å². The molecule has 0 aliphatic carbocycles. The van der Waals surface area contributed by atoms with E-state index >= 15 is 0 Å². The second-order valence-corrected chi connectivity index (χ2v) is 8.87. The van der Waals surface area contributed by atoms with Crippen LogP contribution in [-0.4, -0.2) is 19.7 Å². The fourth-order valence-electron chi connectivity index (χ4n) is 3.87. The number of hydrogen-bond acceptors (Lipinski definition) is 8. The van der Waals surface area contributed by atoms with E-state index in [1.54, 1.807) is 12.2 Å². The Morgan fingerprint density at radius 2 is 0.682 bits per heavy atom. The quantitative estimate of drug-likeness (QED) is 0.0974. The fourth-order valence-corrected chi connectivity index (χ4v) is 3.87. The summed E-state index contributed by atoms with van der Waals surface area (Å²) in [5.74, 6) is 11.6. The van der Waals surface area contributed by atoms with Gasteiger partial charge in [0.05, 0.1) is 19.7 Å². The summed E-state index contributed by atoms with van der Waals surface area (Å²) in [4.78, 5) is 42.3. The third-order valence-corrected chi connectivity index (χ3v) is 6.09. The number of nitrogens with zero attached hydrogens (tertiary/aromatic N) is 4. The van der Waals surface area contributed by atoms with Gasteiger partial charge >= 0.3 is 0 Å². The number of nitro benzene ring substituents is 4. The van der Waals surface area contributed by atoms with E-state index < -0.39 is 19.7 Å². The van der Waals surface area contributed by atoms with Crippen LogP contribution in [0.25, 0.3) is 11.1 Å². The molecule has 0 aromatic heterocycles. The molecular weight excluding hydrogens is 568 g/mol. The Labute approximate surface area is 249 Å². The molecule has 214 valence electrons. The van der Waals surface area contributed by atoms with Crippen LogP contribution in [0.15, 0.2) is 109 Å². The molecule has 0 fully saturated rings. The summed E-state index contributed by atoms with van der Waals surface area (Å²) >= 11 is 0. The molecule has 4 rings (SSSR count). The minimum atomic E-state index is -0.537. The first-order valence-corrected chi connectivity index (χ1v) is 12.5. The highest BCUT2D eigenvalue weighted by Gasteiger charge is 2.14. The van der Waals surface area contributed by atoms with E-state index in [1.807, 2.05) is 0 Å². The lowest BCUT2D eigenvalue weighted by Crippen LogP contribution is -1.94. The largest absolute Gasteiger partial charge is 0.269 e. The predicted molar refractivity (Wildman–Crippen MR) is 162 cm³/mol. The van der Waals surface area contributed by atoms with Gasteiger partial charge in [-0.15, -0.1) is 0 Å². The van der Waals surface area contributed by atoms with Crippen LogP contribution in [0.1, 0.15) is 22.3 Å². The lowest BCUT2D eigenvalue weighted by molar-refractivity contribution is -0.385. The number of allylic oxidation sites excluding steroid dienone is 4. The summed E-state index contributed by atoms with van der Waals surface area (Å²) in [7, 11) is 0. The van der Waals surface area contributed by atoms with Crippen molar-refractivity contribution < 1.29 is 19.7 Å². The van der Waals surface area contributed by atoms with Crippen LogP contribution in [0.3, 0.4) is 0 Å². The smallest absolute Gasteiger partial charge is 0.258 e. The van der Waals surface area contributed by atoms with Crippen molar-refractivity contribution in [2.45, 2.75) is 0 Å². The second kappa shape index (κ2) is 13.6. The normalized spacial score (nSPS) is 10.9. The SMILES string of the molecule is O=[N+]([O-])c1ccc(C#C/C=C(/C(=C/C#Cc2ccc([N+](=O)[O-])cc2)c2ccc([N+](=O)[O-])cc2)c2ccc([N+](=O)[O-])cc2)cc1. The summed E-state index contributed by atoms with van der Waals surface area (Å²) in [6.07, 6.45) is 3.09. The maximum Gasteiger partial charge on any atom is 0.269 e. The van der Waals surface area contributed by atoms with Crippen molar-refractivity contribution in [1.82, 2.24) is 0 Å². The second-order valence-electron chi connectivity index (χ2n) is 8.87. The van der Waals surface area contributed by atoms with Crippen molar-refractivity contribution in [2.75, 3.05) is 0 Å². The van der Waals surface area contributed by atoms with Gasteiger partial charge in [-0.3, -0.25) is 40.5 Å². The van der Waals surface area contributed by atoms with Crippen molar-refractivity contribution in [1.29, 1.82) is 0 Å². The van der Waals surface area contributed by atoms with Crippen LogP contribution in [0, 0.1) is 64.1 Å². The van der Waals surface area contributed by atoms with Crippen LogP contribution in [0.4, 0.5) is 22.7 Å². The molecule has 0 bridgehead atoms. The Balaban J connectivity index is 1.86. The number of non-ortho nitro benzene ring substituents is 4. The van der Waals surface area contributed by atoms with Crippen LogP contribution in [0.5, 0.6) is 0 Å². The van der Waals surface area contributed by atoms with Crippen molar-refractivity contribution in [3.8, 4) is 23.7 Å². The first-order chi connectivity index (χ1) is 21.1. The van der Waals surface area contributed by atoms with Gasteiger partial charge < -0.3 is 0 Å². The molecule has 0 saturated carbocycles. The molecule has 44 heavy (non-hydrogen) atoms. The molecule has 12 nitrogen and oxygen atoms in total. The Hall–Kier alpha value is -6.92. The lowest BCUT2D eigenvalue weighted by Gasteiger charge is -2.12. The molecule has 0 saturated heterocycles. The molecule has 0 radical (unpaired) electrons. The molecule has 4 aromatic rings. The molecule has 0 amide bonds. The summed E-state index contributed by atoms with van der Waals surface area (Å²) < 4.78 is 0. The van der Waals surface area contributed by atoms with E-state index in [-0.39, 0.29) is 22.7 Å². The van der Waals surface area contributed by atoms with Gasteiger partial charge in [-0.1, -0.05) is 23.7 Å². The molecule has 0 N–H and O–H groups in total. The molecule has 0 heterocycles. The molecular formula is C32H18N4O8. The monoisotopic (exact) mass is 586 g/mol. The van der Waals surface area contributed by atoms with Crippen LogP contribution >= 0.6 is 0 Å². The van der Waals surface area contributed by atoms with Crippen molar-refractivity contribution in [2.24, 2.45) is 0 Å². The highest BCUT2D eigenvalue weighted by Crippen LogP contribution is 2.33. The summed E-state index contributed by atoms with van der Waals surface area (Å²) in [6.45, 7) is 0. The standard InChI is InChI=1S/C32H18N4O8/c37-33(38)27-15-7-23(8-16-27)3-1-5-31(25-11-19-29(20-12-25)35(41)42)32(26-13-21-30(22-14-26)36(43)44)6-2-4-24-9-17-28(18-10-24)34(39)40/h5-22H/b31-5+,32-6+. The maximum atomic E-state index is 11.3. The van der Waals surface area contributed by atoms with Gasteiger partial charge in [-0.05, 0) is 83.0 Å². The predicted octanol–water partition coefficient (Wildman–Crippen LogP) is 6.89. The number of rotatable bonds is 7. The minimum absolute atomic E-state index is 0.0901. The maximum absolute atomic E-state index is 11.3. The number of nitro groups is 4. The molecule has 12 heteroatoms. The Morgan fingerprint density at radius 1 is 0.432 bits per heavy atom. The van der Waals surface area contributed by atoms with Crippen molar-refractivity contribution in [3.63, 3.8) is 0 Å². The fraction of sp³-hybridized carbons (Fsp3) is 0. The zero-order valence-electron chi connectivity index (χ0n) is 22.4. The molecule has 4 aromatic carbocycles. The van der Waals surface area contributed by atoms with Gasteiger partial charge in [0, 0.05) is 59.7 Å². The summed E-state index contributed by atoms with van der Waals surface area (Å²) in [5, 5.41) is 44.4.